The quantitative estimate of drug-likeness (QED) is 0.865. The summed E-state index contributed by atoms with van der Waals surface area (Å²) in [5.74, 6) is 1.39. The van der Waals surface area contributed by atoms with Crippen molar-refractivity contribution in [3.05, 3.63) is 23.2 Å². The number of fused-ring (bicyclic) bond motifs is 1. The molecule has 2 aliphatic rings. The molecule has 1 saturated heterocycles. The maximum absolute atomic E-state index is 12.4. The van der Waals surface area contributed by atoms with Crippen molar-refractivity contribution >= 4 is 33.0 Å². The van der Waals surface area contributed by atoms with Crippen molar-refractivity contribution in [3.8, 4) is 0 Å². The van der Waals surface area contributed by atoms with Gasteiger partial charge in [0, 0.05) is 12.8 Å². The van der Waals surface area contributed by atoms with Gasteiger partial charge in [-0.15, -0.1) is 0 Å². The van der Waals surface area contributed by atoms with Gasteiger partial charge in [0.05, 0.1) is 22.2 Å². The van der Waals surface area contributed by atoms with Crippen molar-refractivity contribution in [2.75, 3.05) is 31.2 Å². The minimum absolute atomic E-state index is 0.148. The van der Waals surface area contributed by atoms with Crippen LogP contribution in [0.3, 0.4) is 0 Å². The summed E-state index contributed by atoms with van der Waals surface area (Å²) in [4.78, 5) is 14.7. The molecule has 0 bridgehead atoms. The average Bonchev–Trinajstić information content (AvgIpc) is 2.55. The van der Waals surface area contributed by atoms with E-state index in [0.29, 0.717) is 23.2 Å². The molecular formula is C18H25ClN2O3S. The fraction of sp³-hybridized carbons (Fsp3) is 0.611. The van der Waals surface area contributed by atoms with Gasteiger partial charge in [-0.3, -0.25) is 9.69 Å². The molecule has 1 N–H and O–H groups in total. The van der Waals surface area contributed by atoms with Crippen LogP contribution in [-0.2, 0) is 14.6 Å². The van der Waals surface area contributed by atoms with Crippen LogP contribution in [0.2, 0.25) is 5.02 Å². The molecule has 1 heterocycles. The Hall–Kier alpha value is -1.11. The van der Waals surface area contributed by atoms with E-state index in [2.05, 4.69) is 10.2 Å². The Labute approximate surface area is 154 Å². The summed E-state index contributed by atoms with van der Waals surface area (Å²) >= 11 is 6.10. The van der Waals surface area contributed by atoms with Crippen molar-refractivity contribution < 1.29 is 13.2 Å². The van der Waals surface area contributed by atoms with Crippen molar-refractivity contribution in [1.29, 1.82) is 0 Å². The number of hydrogen-bond acceptors (Lipinski definition) is 4. The van der Waals surface area contributed by atoms with Crippen LogP contribution in [0.4, 0.5) is 5.69 Å². The van der Waals surface area contributed by atoms with Gasteiger partial charge in [0.2, 0.25) is 5.91 Å². The molecule has 1 aliphatic carbocycles. The first kappa shape index (κ1) is 18.7. The summed E-state index contributed by atoms with van der Waals surface area (Å²) < 4.78 is 23.3. The first-order chi connectivity index (χ1) is 11.8. The summed E-state index contributed by atoms with van der Waals surface area (Å²) in [7, 11) is -3.34. The Morgan fingerprint density at radius 2 is 1.96 bits per heavy atom. The fourth-order valence-electron chi connectivity index (χ4n) is 4.04. The highest BCUT2D eigenvalue weighted by Gasteiger charge is 2.31. The molecule has 1 aliphatic heterocycles. The number of carbonyl (C=O) groups is 1. The van der Waals surface area contributed by atoms with E-state index in [4.69, 9.17) is 11.6 Å². The molecule has 2 fully saturated rings. The second kappa shape index (κ2) is 7.64. The minimum atomic E-state index is -3.34. The zero-order valence-electron chi connectivity index (χ0n) is 14.5. The van der Waals surface area contributed by atoms with Crippen LogP contribution in [-0.4, -0.2) is 45.1 Å². The van der Waals surface area contributed by atoms with E-state index in [0.717, 1.165) is 25.3 Å². The second-order valence-electron chi connectivity index (χ2n) is 7.29. The third-order valence-electron chi connectivity index (χ3n) is 5.38. The number of carbonyl (C=O) groups excluding carboxylic acids is 1. The van der Waals surface area contributed by atoms with Gasteiger partial charge in [0.1, 0.15) is 0 Å². The summed E-state index contributed by atoms with van der Waals surface area (Å²) in [6.07, 6.45) is 7.55. The first-order valence-corrected chi connectivity index (χ1v) is 11.1. The van der Waals surface area contributed by atoms with Gasteiger partial charge >= 0.3 is 0 Å². The lowest BCUT2D eigenvalue weighted by Crippen LogP contribution is -2.44. The molecule has 1 aromatic rings. The largest absolute Gasteiger partial charge is 0.324 e. The molecule has 1 amide bonds. The van der Waals surface area contributed by atoms with Crippen molar-refractivity contribution in [2.24, 2.45) is 11.8 Å². The lowest BCUT2D eigenvalue weighted by atomic mass is 9.75. The van der Waals surface area contributed by atoms with Gasteiger partial charge in [-0.2, -0.15) is 0 Å². The summed E-state index contributed by atoms with van der Waals surface area (Å²) in [5, 5.41) is 3.10. The predicted octanol–water partition coefficient (Wildman–Crippen LogP) is 3.19. The van der Waals surface area contributed by atoms with Crippen LogP contribution in [0, 0.1) is 11.8 Å². The zero-order valence-corrected chi connectivity index (χ0v) is 16.1. The van der Waals surface area contributed by atoms with Crippen molar-refractivity contribution in [3.63, 3.8) is 0 Å². The molecule has 0 unspecified atom stereocenters. The van der Waals surface area contributed by atoms with Crippen molar-refractivity contribution in [1.82, 2.24) is 4.90 Å². The monoisotopic (exact) mass is 384 g/mol. The number of benzene rings is 1. The summed E-state index contributed by atoms with van der Waals surface area (Å²) in [6, 6.07) is 4.37. The van der Waals surface area contributed by atoms with Gasteiger partial charge in [0.25, 0.3) is 0 Å². The maximum atomic E-state index is 12.4. The van der Waals surface area contributed by atoms with E-state index in [9.17, 15) is 13.2 Å². The van der Waals surface area contributed by atoms with E-state index in [1.54, 1.807) is 0 Å². The molecule has 138 valence electrons. The normalized spacial score (nSPS) is 24.6. The Balaban J connectivity index is 1.61. The van der Waals surface area contributed by atoms with Crippen LogP contribution in [0.15, 0.2) is 23.1 Å². The van der Waals surface area contributed by atoms with Crippen LogP contribution in [0.25, 0.3) is 0 Å². The number of amides is 1. The summed E-state index contributed by atoms with van der Waals surface area (Å²) in [5.41, 5.74) is 0.349. The second-order valence-corrected chi connectivity index (χ2v) is 9.71. The van der Waals surface area contributed by atoms with Crippen molar-refractivity contribution in [2.45, 2.75) is 37.0 Å². The number of sulfone groups is 1. The van der Waals surface area contributed by atoms with E-state index < -0.39 is 9.84 Å². The molecule has 3 rings (SSSR count). The maximum Gasteiger partial charge on any atom is 0.238 e. The minimum Gasteiger partial charge on any atom is -0.324 e. The Morgan fingerprint density at radius 1 is 1.24 bits per heavy atom. The molecule has 0 spiro atoms. The molecule has 1 aromatic carbocycles. The molecule has 7 heteroatoms. The highest BCUT2D eigenvalue weighted by molar-refractivity contribution is 7.90. The zero-order chi connectivity index (χ0) is 18.0. The molecule has 5 nitrogen and oxygen atoms in total. The van der Waals surface area contributed by atoms with Gasteiger partial charge < -0.3 is 5.32 Å². The van der Waals surface area contributed by atoms with Crippen LogP contribution < -0.4 is 5.32 Å². The molecule has 0 radical (unpaired) electrons. The van der Waals surface area contributed by atoms with Crippen LogP contribution >= 0.6 is 11.6 Å². The Morgan fingerprint density at radius 3 is 2.68 bits per heavy atom. The van der Waals surface area contributed by atoms with E-state index >= 15 is 0 Å². The topological polar surface area (TPSA) is 66.5 Å². The number of piperidine rings is 1. The SMILES string of the molecule is CS(=O)(=O)c1ccc(Cl)c(NC(=O)CN2CC[C@@H]3CCCC[C@H]3C2)c1. The van der Waals surface area contributed by atoms with Gasteiger partial charge in [0.15, 0.2) is 9.84 Å². The van der Waals surface area contributed by atoms with Crippen LogP contribution in [0.1, 0.15) is 32.1 Å². The third-order valence-corrected chi connectivity index (χ3v) is 6.82. The fourth-order valence-corrected chi connectivity index (χ4v) is 4.86. The first-order valence-electron chi connectivity index (χ1n) is 8.85. The van der Waals surface area contributed by atoms with Gasteiger partial charge in [-0.1, -0.05) is 30.9 Å². The molecule has 2 atom stereocenters. The predicted molar refractivity (Wildman–Crippen MR) is 99.7 cm³/mol. The number of likely N-dealkylation sites (tertiary alicyclic amines) is 1. The highest BCUT2D eigenvalue weighted by atomic mass is 35.5. The Kier molecular flexibility index (Phi) is 5.71. The van der Waals surface area contributed by atoms with E-state index in [1.807, 2.05) is 0 Å². The van der Waals surface area contributed by atoms with E-state index in [1.165, 1.54) is 50.3 Å². The number of anilines is 1. The van der Waals surface area contributed by atoms with Gasteiger partial charge in [-0.25, -0.2) is 8.42 Å². The average molecular weight is 385 g/mol. The smallest absolute Gasteiger partial charge is 0.238 e. The lowest BCUT2D eigenvalue weighted by Gasteiger charge is -2.41. The Bertz CT molecular complexity index is 751. The highest BCUT2D eigenvalue weighted by Crippen LogP contribution is 2.36. The van der Waals surface area contributed by atoms with E-state index in [-0.39, 0.29) is 10.8 Å². The number of nitrogens with one attached hydrogen (secondary N) is 1. The number of halogens is 1. The number of rotatable bonds is 4. The number of nitrogens with zero attached hydrogens (tertiary/aromatic N) is 1. The van der Waals surface area contributed by atoms with Crippen LogP contribution in [0.5, 0.6) is 0 Å². The molecule has 0 aromatic heterocycles. The third kappa shape index (κ3) is 4.74. The van der Waals surface area contributed by atoms with Gasteiger partial charge in [-0.05, 0) is 49.4 Å². The molecule has 25 heavy (non-hydrogen) atoms. The molecule has 1 saturated carbocycles. The molecular weight excluding hydrogens is 360 g/mol. The lowest BCUT2D eigenvalue weighted by molar-refractivity contribution is -0.118. The standard InChI is InChI=1S/C18H25ClN2O3S/c1-25(23,24)15-6-7-16(19)17(10-15)20-18(22)12-21-9-8-13-4-2-3-5-14(13)11-21/h6-7,10,13-14H,2-5,8-9,11-12H2,1H3,(H,20,22)/t13-,14-/m0/s1. The summed E-state index contributed by atoms with van der Waals surface area (Å²) in [6.45, 7) is 2.25. The number of hydrogen-bond donors (Lipinski definition) is 1.